The minimum Gasteiger partial charge on any atom is -0.497 e. The molecule has 0 unspecified atom stereocenters. The highest BCUT2D eigenvalue weighted by Gasteiger charge is 2.21. The van der Waals surface area contributed by atoms with Crippen LogP contribution >= 0.6 is 0 Å². The van der Waals surface area contributed by atoms with Crippen molar-refractivity contribution in [2.24, 2.45) is 0 Å². The molecule has 0 radical (unpaired) electrons. The largest absolute Gasteiger partial charge is 0.497 e. The van der Waals surface area contributed by atoms with E-state index in [0.717, 1.165) is 62.1 Å². The Kier molecular flexibility index (Phi) is 5.90. The van der Waals surface area contributed by atoms with E-state index in [1.54, 1.807) is 13.3 Å². The molecule has 0 aliphatic carbocycles. The van der Waals surface area contributed by atoms with E-state index in [2.05, 4.69) is 33.8 Å². The molecule has 1 aliphatic rings. The third kappa shape index (κ3) is 4.42. The molecule has 2 aromatic rings. The first kappa shape index (κ1) is 18.4. The number of nitrogen functional groups attached to an aromatic ring is 1. The lowest BCUT2D eigenvalue weighted by Gasteiger charge is -2.36. The Morgan fingerprint density at radius 2 is 1.96 bits per heavy atom. The fourth-order valence-electron chi connectivity index (χ4n) is 3.07. The van der Waals surface area contributed by atoms with Crippen LogP contribution in [-0.4, -0.2) is 80.2 Å². The van der Waals surface area contributed by atoms with E-state index in [0.29, 0.717) is 5.82 Å². The normalized spacial score (nSPS) is 15.5. The van der Waals surface area contributed by atoms with Gasteiger partial charge in [0.1, 0.15) is 5.75 Å². The van der Waals surface area contributed by atoms with Crippen LogP contribution in [0.2, 0.25) is 0 Å². The number of rotatable bonds is 6. The lowest BCUT2D eigenvalue weighted by molar-refractivity contribution is 0.229. The third-order valence-electron chi connectivity index (χ3n) is 4.68. The van der Waals surface area contributed by atoms with Gasteiger partial charge in [-0.05, 0) is 26.2 Å². The molecule has 1 saturated heterocycles. The van der Waals surface area contributed by atoms with Crippen LogP contribution in [0.4, 0.5) is 11.6 Å². The molecule has 1 aromatic heterocycles. The molecule has 0 atom stereocenters. The minimum absolute atomic E-state index is 0.485. The SMILES string of the molecule is COc1cccc(-c2cnc(N)c(N3CCN(CCN(C)C)CC3)n2)c1. The molecule has 26 heavy (non-hydrogen) atoms. The molecule has 2 heterocycles. The molecular formula is C19H28N6O. The second kappa shape index (κ2) is 8.33. The van der Waals surface area contributed by atoms with Crippen LogP contribution < -0.4 is 15.4 Å². The number of ether oxygens (including phenoxy) is 1. The predicted octanol–water partition coefficient (Wildman–Crippen LogP) is 1.42. The topological polar surface area (TPSA) is 70.8 Å². The smallest absolute Gasteiger partial charge is 0.172 e. The summed E-state index contributed by atoms with van der Waals surface area (Å²) in [6.07, 6.45) is 1.72. The predicted molar refractivity (Wildman–Crippen MR) is 106 cm³/mol. The van der Waals surface area contributed by atoms with Gasteiger partial charge in [-0.25, -0.2) is 9.97 Å². The number of likely N-dealkylation sites (N-methyl/N-ethyl adjacent to an activating group) is 1. The molecule has 1 fully saturated rings. The average Bonchev–Trinajstić information content (AvgIpc) is 2.67. The van der Waals surface area contributed by atoms with Crippen molar-refractivity contribution in [3.05, 3.63) is 30.5 Å². The van der Waals surface area contributed by atoms with Crippen LogP contribution in [0.25, 0.3) is 11.3 Å². The summed E-state index contributed by atoms with van der Waals surface area (Å²) in [5.41, 5.74) is 7.91. The molecule has 1 aliphatic heterocycles. The Balaban J connectivity index is 1.72. The van der Waals surface area contributed by atoms with Crippen molar-refractivity contribution in [1.29, 1.82) is 0 Å². The first-order valence-electron chi connectivity index (χ1n) is 8.96. The average molecular weight is 356 g/mol. The fourth-order valence-corrected chi connectivity index (χ4v) is 3.07. The molecule has 140 valence electrons. The Morgan fingerprint density at radius 3 is 2.65 bits per heavy atom. The molecular weight excluding hydrogens is 328 g/mol. The second-order valence-corrected chi connectivity index (χ2v) is 6.83. The highest BCUT2D eigenvalue weighted by molar-refractivity contribution is 5.67. The van der Waals surface area contributed by atoms with Crippen molar-refractivity contribution in [3.8, 4) is 17.0 Å². The van der Waals surface area contributed by atoms with Gasteiger partial charge in [-0.3, -0.25) is 4.90 Å². The number of piperazine rings is 1. The molecule has 3 rings (SSSR count). The molecule has 0 saturated carbocycles. The minimum atomic E-state index is 0.485. The monoisotopic (exact) mass is 356 g/mol. The van der Waals surface area contributed by atoms with Crippen molar-refractivity contribution in [2.45, 2.75) is 0 Å². The molecule has 2 N–H and O–H groups in total. The Morgan fingerprint density at radius 1 is 1.19 bits per heavy atom. The third-order valence-corrected chi connectivity index (χ3v) is 4.68. The zero-order chi connectivity index (χ0) is 18.5. The summed E-state index contributed by atoms with van der Waals surface area (Å²) >= 11 is 0. The number of anilines is 2. The van der Waals surface area contributed by atoms with Crippen molar-refractivity contribution in [3.63, 3.8) is 0 Å². The molecule has 0 spiro atoms. The van der Waals surface area contributed by atoms with E-state index in [-0.39, 0.29) is 0 Å². The number of aromatic nitrogens is 2. The number of hydrogen-bond donors (Lipinski definition) is 1. The van der Waals surface area contributed by atoms with Gasteiger partial charge in [-0.1, -0.05) is 12.1 Å². The van der Waals surface area contributed by atoms with Gasteiger partial charge in [0, 0.05) is 44.8 Å². The molecule has 7 heteroatoms. The molecule has 1 aromatic carbocycles. The summed E-state index contributed by atoms with van der Waals surface area (Å²) in [7, 11) is 5.88. The van der Waals surface area contributed by atoms with E-state index in [9.17, 15) is 0 Å². The number of hydrogen-bond acceptors (Lipinski definition) is 7. The lowest BCUT2D eigenvalue weighted by Crippen LogP contribution is -2.48. The first-order chi connectivity index (χ1) is 12.6. The van der Waals surface area contributed by atoms with Gasteiger partial charge >= 0.3 is 0 Å². The Labute approximate surface area is 155 Å². The Hall–Kier alpha value is -2.38. The van der Waals surface area contributed by atoms with Crippen LogP contribution in [0.15, 0.2) is 30.5 Å². The summed E-state index contributed by atoms with van der Waals surface area (Å²) < 4.78 is 5.31. The van der Waals surface area contributed by atoms with Gasteiger partial charge in [-0.2, -0.15) is 0 Å². The van der Waals surface area contributed by atoms with E-state index < -0.39 is 0 Å². The van der Waals surface area contributed by atoms with Crippen molar-refractivity contribution in [1.82, 2.24) is 19.8 Å². The van der Waals surface area contributed by atoms with Crippen LogP contribution in [0, 0.1) is 0 Å². The highest BCUT2D eigenvalue weighted by atomic mass is 16.5. The zero-order valence-electron chi connectivity index (χ0n) is 15.9. The highest BCUT2D eigenvalue weighted by Crippen LogP contribution is 2.26. The van der Waals surface area contributed by atoms with Crippen molar-refractivity contribution < 1.29 is 4.74 Å². The van der Waals surface area contributed by atoms with Gasteiger partial charge in [-0.15, -0.1) is 0 Å². The van der Waals surface area contributed by atoms with Crippen LogP contribution in [0.5, 0.6) is 5.75 Å². The van der Waals surface area contributed by atoms with Crippen LogP contribution in [-0.2, 0) is 0 Å². The van der Waals surface area contributed by atoms with Crippen LogP contribution in [0.3, 0.4) is 0 Å². The maximum atomic E-state index is 6.13. The molecule has 0 amide bonds. The van der Waals surface area contributed by atoms with E-state index in [1.807, 2.05) is 24.3 Å². The summed E-state index contributed by atoms with van der Waals surface area (Å²) in [4.78, 5) is 16.1. The standard InChI is InChI=1S/C19H28N6O/c1-23(2)7-8-24-9-11-25(12-10-24)19-18(20)21-14-17(22-19)15-5-4-6-16(13-15)26-3/h4-6,13-14H,7-12H2,1-3H3,(H2,20,21). The quantitative estimate of drug-likeness (QED) is 0.839. The number of benzene rings is 1. The van der Waals surface area contributed by atoms with Gasteiger partial charge in [0.2, 0.25) is 0 Å². The molecule has 7 nitrogen and oxygen atoms in total. The van der Waals surface area contributed by atoms with Crippen LogP contribution in [0.1, 0.15) is 0 Å². The maximum absolute atomic E-state index is 6.13. The van der Waals surface area contributed by atoms with Gasteiger partial charge < -0.3 is 20.3 Å². The van der Waals surface area contributed by atoms with E-state index in [4.69, 9.17) is 15.5 Å². The van der Waals surface area contributed by atoms with E-state index in [1.165, 1.54) is 0 Å². The van der Waals surface area contributed by atoms with Crippen molar-refractivity contribution >= 4 is 11.6 Å². The van der Waals surface area contributed by atoms with Gasteiger partial charge in [0.05, 0.1) is 19.0 Å². The Bertz CT molecular complexity index is 728. The zero-order valence-corrected chi connectivity index (χ0v) is 15.9. The summed E-state index contributed by atoms with van der Waals surface area (Å²) in [5.74, 6) is 2.06. The fraction of sp³-hybridized carbons (Fsp3) is 0.474. The number of nitrogens with two attached hydrogens (primary N) is 1. The van der Waals surface area contributed by atoms with Crippen molar-refractivity contribution in [2.75, 3.05) is 71.1 Å². The molecule has 0 bridgehead atoms. The summed E-state index contributed by atoms with van der Waals surface area (Å²) in [5, 5.41) is 0. The summed E-state index contributed by atoms with van der Waals surface area (Å²) in [6.45, 7) is 6.01. The maximum Gasteiger partial charge on any atom is 0.172 e. The lowest BCUT2D eigenvalue weighted by atomic mass is 10.1. The number of nitrogens with zero attached hydrogens (tertiary/aromatic N) is 5. The first-order valence-corrected chi connectivity index (χ1v) is 8.96. The number of methoxy groups -OCH3 is 1. The van der Waals surface area contributed by atoms with E-state index >= 15 is 0 Å². The second-order valence-electron chi connectivity index (χ2n) is 6.83. The summed E-state index contributed by atoms with van der Waals surface area (Å²) in [6, 6.07) is 7.84. The van der Waals surface area contributed by atoms with Gasteiger partial charge in [0.25, 0.3) is 0 Å². The van der Waals surface area contributed by atoms with Gasteiger partial charge in [0.15, 0.2) is 11.6 Å².